The van der Waals surface area contributed by atoms with Crippen molar-refractivity contribution < 1.29 is 4.79 Å². The van der Waals surface area contributed by atoms with Crippen molar-refractivity contribution in [3.63, 3.8) is 0 Å². The Morgan fingerprint density at radius 2 is 2.28 bits per heavy atom. The minimum Gasteiger partial charge on any atom is -0.345 e. The molecule has 1 aliphatic rings. The number of hydrogen-bond acceptors (Lipinski definition) is 2. The third kappa shape index (κ3) is 1.68. The van der Waals surface area contributed by atoms with Gasteiger partial charge in [0.2, 0.25) is 0 Å². The van der Waals surface area contributed by atoms with Crippen molar-refractivity contribution in [2.24, 2.45) is 0 Å². The van der Waals surface area contributed by atoms with E-state index in [1.54, 1.807) is 6.33 Å². The van der Waals surface area contributed by atoms with Crippen LogP contribution in [0.3, 0.4) is 0 Å². The molecule has 0 saturated carbocycles. The minimum absolute atomic E-state index is 0.0278. The maximum absolute atomic E-state index is 12.5. The van der Waals surface area contributed by atoms with Crippen molar-refractivity contribution in [1.29, 1.82) is 0 Å². The third-order valence-corrected chi connectivity index (χ3v) is 3.81. The Balaban J connectivity index is 1.96. The quantitative estimate of drug-likeness (QED) is 0.836. The highest BCUT2D eigenvalue weighted by molar-refractivity contribution is 5.97. The van der Waals surface area contributed by atoms with Crippen LogP contribution in [0.2, 0.25) is 0 Å². The number of aromatic nitrogens is 2. The number of carbonyl (C=O) groups is 1. The molecule has 0 radical (unpaired) electrons. The molecule has 0 unspecified atom stereocenters. The lowest BCUT2D eigenvalue weighted by Crippen LogP contribution is -2.42. The van der Waals surface area contributed by atoms with Crippen LogP contribution < -0.4 is 0 Å². The summed E-state index contributed by atoms with van der Waals surface area (Å²) in [4.78, 5) is 21.7. The molecule has 2 heterocycles. The maximum Gasteiger partial charge on any atom is 0.254 e. The van der Waals surface area contributed by atoms with E-state index < -0.39 is 0 Å². The van der Waals surface area contributed by atoms with Crippen LogP contribution in [-0.2, 0) is 0 Å². The van der Waals surface area contributed by atoms with Gasteiger partial charge in [-0.25, -0.2) is 4.98 Å². The number of aromatic amines is 1. The van der Waals surface area contributed by atoms with E-state index in [4.69, 9.17) is 0 Å². The Hall–Kier alpha value is -1.84. The predicted octanol–water partition coefficient (Wildman–Crippen LogP) is 2.58. The summed E-state index contributed by atoms with van der Waals surface area (Å²) in [6.07, 6.45) is 3.81. The fraction of sp³-hybridized carbons (Fsp3) is 0.429. The predicted molar refractivity (Wildman–Crippen MR) is 70.4 cm³/mol. The van der Waals surface area contributed by atoms with Crippen molar-refractivity contribution in [2.75, 3.05) is 6.54 Å². The molecule has 0 bridgehead atoms. The second-order valence-electron chi connectivity index (χ2n) is 5.51. The number of benzene rings is 1. The molecule has 3 rings (SSSR count). The number of amides is 1. The van der Waals surface area contributed by atoms with E-state index in [0.717, 1.165) is 36.0 Å². The van der Waals surface area contributed by atoms with E-state index >= 15 is 0 Å². The van der Waals surface area contributed by atoms with Crippen molar-refractivity contribution in [2.45, 2.75) is 32.2 Å². The highest BCUT2D eigenvalue weighted by Crippen LogP contribution is 2.30. The molecule has 18 heavy (non-hydrogen) atoms. The lowest BCUT2D eigenvalue weighted by Gasteiger charge is -2.31. The molecule has 1 saturated heterocycles. The third-order valence-electron chi connectivity index (χ3n) is 3.81. The van der Waals surface area contributed by atoms with Crippen molar-refractivity contribution >= 4 is 16.9 Å². The molecule has 1 aromatic heterocycles. The maximum atomic E-state index is 12.5. The second-order valence-corrected chi connectivity index (χ2v) is 5.51. The molecular weight excluding hydrogens is 226 g/mol. The van der Waals surface area contributed by atoms with Gasteiger partial charge in [-0.1, -0.05) is 0 Å². The van der Waals surface area contributed by atoms with Gasteiger partial charge in [-0.2, -0.15) is 0 Å². The van der Waals surface area contributed by atoms with Crippen LogP contribution in [0, 0.1) is 0 Å². The fourth-order valence-electron chi connectivity index (χ4n) is 2.71. The molecule has 0 atom stereocenters. The van der Waals surface area contributed by atoms with Gasteiger partial charge in [-0.15, -0.1) is 0 Å². The first-order chi connectivity index (χ1) is 8.58. The van der Waals surface area contributed by atoms with Crippen LogP contribution in [0.4, 0.5) is 0 Å². The average Bonchev–Trinajstić information content (AvgIpc) is 2.92. The number of nitrogens with zero attached hydrogens (tertiary/aromatic N) is 2. The fourth-order valence-corrected chi connectivity index (χ4v) is 2.71. The highest BCUT2D eigenvalue weighted by atomic mass is 16.2. The molecular formula is C14H17N3O. The molecule has 1 amide bonds. The first kappa shape index (κ1) is 11.3. The number of rotatable bonds is 1. The largest absolute Gasteiger partial charge is 0.345 e. The molecule has 4 heteroatoms. The summed E-state index contributed by atoms with van der Waals surface area (Å²) < 4.78 is 0. The number of nitrogens with one attached hydrogen (secondary N) is 1. The summed E-state index contributed by atoms with van der Waals surface area (Å²) >= 11 is 0. The average molecular weight is 243 g/mol. The normalized spacial score (nSPS) is 18.4. The number of likely N-dealkylation sites (tertiary alicyclic amines) is 1. The molecule has 1 fully saturated rings. The summed E-state index contributed by atoms with van der Waals surface area (Å²) in [5, 5.41) is 0. The van der Waals surface area contributed by atoms with Gasteiger partial charge in [-0.05, 0) is 44.9 Å². The lowest BCUT2D eigenvalue weighted by atomic mass is 10.0. The van der Waals surface area contributed by atoms with Gasteiger partial charge in [0.1, 0.15) is 0 Å². The summed E-state index contributed by atoms with van der Waals surface area (Å²) in [6.45, 7) is 5.12. The van der Waals surface area contributed by atoms with E-state index in [-0.39, 0.29) is 11.4 Å². The number of imidazole rings is 1. The first-order valence-corrected chi connectivity index (χ1v) is 6.33. The molecule has 1 N–H and O–H groups in total. The highest BCUT2D eigenvalue weighted by Gasteiger charge is 2.35. The zero-order valence-electron chi connectivity index (χ0n) is 10.7. The lowest BCUT2D eigenvalue weighted by molar-refractivity contribution is 0.0652. The van der Waals surface area contributed by atoms with Crippen LogP contribution in [0.25, 0.3) is 11.0 Å². The van der Waals surface area contributed by atoms with Crippen LogP contribution in [-0.4, -0.2) is 32.9 Å². The Labute approximate surface area is 106 Å². The first-order valence-electron chi connectivity index (χ1n) is 6.33. The summed E-state index contributed by atoms with van der Waals surface area (Å²) in [7, 11) is 0. The molecule has 2 aromatic rings. The van der Waals surface area contributed by atoms with E-state index in [2.05, 4.69) is 23.8 Å². The van der Waals surface area contributed by atoms with Crippen molar-refractivity contribution in [3.8, 4) is 0 Å². The Morgan fingerprint density at radius 3 is 3.00 bits per heavy atom. The molecule has 1 aliphatic heterocycles. The van der Waals surface area contributed by atoms with E-state index in [9.17, 15) is 4.79 Å². The molecule has 0 spiro atoms. The second kappa shape index (κ2) is 3.83. The summed E-state index contributed by atoms with van der Waals surface area (Å²) in [5.74, 6) is 0.119. The Bertz CT molecular complexity index is 600. The molecule has 0 aliphatic carbocycles. The Kier molecular flexibility index (Phi) is 2.40. The minimum atomic E-state index is -0.0278. The van der Waals surface area contributed by atoms with E-state index in [1.165, 1.54) is 0 Å². The van der Waals surface area contributed by atoms with Gasteiger partial charge in [0.05, 0.1) is 17.4 Å². The van der Waals surface area contributed by atoms with Gasteiger partial charge >= 0.3 is 0 Å². The smallest absolute Gasteiger partial charge is 0.254 e. The zero-order valence-corrected chi connectivity index (χ0v) is 10.7. The summed E-state index contributed by atoms with van der Waals surface area (Å²) in [5.41, 5.74) is 2.52. The standard InChI is InChI=1S/C14H17N3O/c1-14(2)6-3-7-17(14)13(18)10-4-5-11-12(8-10)16-9-15-11/h4-5,8-9H,3,6-7H2,1-2H3,(H,15,16). The number of fused-ring (bicyclic) bond motifs is 1. The van der Waals surface area contributed by atoms with Gasteiger partial charge in [0.15, 0.2) is 0 Å². The van der Waals surface area contributed by atoms with Gasteiger partial charge in [-0.3, -0.25) is 4.79 Å². The molecule has 1 aromatic carbocycles. The monoisotopic (exact) mass is 243 g/mol. The van der Waals surface area contributed by atoms with Crippen LogP contribution >= 0.6 is 0 Å². The summed E-state index contributed by atoms with van der Waals surface area (Å²) in [6, 6.07) is 5.64. The van der Waals surface area contributed by atoms with Crippen molar-refractivity contribution in [1.82, 2.24) is 14.9 Å². The number of hydrogen-bond donors (Lipinski definition) is 1. The topological polar surface area (TPSA) is 49.0 Å². The SMILES string of the molecule is CC1(C)CCCN1C(=O)c1ccc2nc[nH]c2c1. The molecule has 4 nitrogen and oxygen atoms in total. The van der Waals surface area contributed by atoms with Crippen molar-refractivity contribution in [3.05, 3.63) is 30.1 Å². The van der Waals surface area contributed by atoms with Gasteiger partial charge in [0, 0.05) is 17.6 Å². The van der Waals surface area contributed by atoms with Crippen LogP contribution in [0.1, 0.15) is 37.0 Å². The Morgan fingerprint density at radius 1 is 1.44 bits per heavy atom. The van der Waals surface area contributed by atoms with Crippen LogP contribution in [0.15, 0.2) is 24.5 Å². The number of H-pyrrole nitrogens is 1. The van der Waals surface area contributed by atoms with E-state index in [0.29, 0.717) is 0 Å². The van der Waals surface area contributed by atoms with E-state index in [1.807, 2.05) is 23.1 Å². The van der Waals surface area contributed by atoms with Gasteiger partial charge < -0.3 is 9.88 Å². The van der Waals surface area contributed by atoms with Gasteiger partial charge in [0.25, 0.3) is 5.91 Å². The zero-order chi connectivity index (χ0) is 12.8. The number of carbonyl (C=O) groups excluding carboxylic acids is 1. The van der Waals surface area contributed by atoms with Crippen LogP contribution in [0.5, 0.6) is 0 Å². The molecule has 94 valence electrons.